The second kappa shape index (κ2) is 4.23. The van der Waals surface area contributed by atoms with Gasteiger partial charge in [0.1, 0.15) is 0 Å². The summed E-state index contributed by atoms with van der Waals surface area (Å²) in [4.78, 5) is 8.51. The fraction of sp³-hybridized carbons (Fsp3) is 0.500. The van der Waals surface area contributed by atoms with Crippen LogP contribution in [-0.4, -0.2) is 48.0 Å². The number of rotatable bonds is 2. The zero-order chi connectivity index (χ0) is 13.9. The molecule has 1 spiro atoms. The highest BCUT2D eigenvalue weighted by Crippen LogP contribution is 2.39. The van der Waals surface area contributed by atoms with Crippen molar-refractivity contribution < 1.29 is 0 Å². The Bertz CT molecular complexity index is 662. The second-order valence-corrected chi connectivity index (χ2v) is 7.17. The standard InChI is InChI=1S/C16H20ClN3/c1-11-13-5-12(17)3-4-14(13)18-15(11)6-20-9-16(10-20)7-19(2)8-16/h3-5,18H,6-10H2,1-2H3. The topological polar surface area (TPSA) is 22.3 Å². The van der Waals surface area contributed by atoms with Gasteiger partial charge in [-0.15, -0.1) is 0 Å². The third kappa shape index (κ3) is 1.88. The van der Waals surface area contributed by atoms with Crippen LogP contribution in [0.15, 0.2) is 18.2 Å². The SMILES string of the molecule is Cc1c(CN2CC3(CN(C)C3)C2)[nH]c2ccc(Cl)cc12. The predicted molar refractivity (Wildman–Crippen MR) is 83.3 cm³/mol. The van der Waals surface area contributed by atoms with Gasteiger partial charge < -0.3 is 9.88 Å². The van der Waals surface area contributed by atoms with E-state index in [-0.39, 0.29) is 0 Å². The number of halogens is 1. The van der Waals surface area contributed by atoms with E-state index in [2.05, 4.69) is 40.9 Å². The molecule has 4 heteroatoms. The molecule has 4 rings (SSSR count). The molecule has 1 aromatic heterocycles. The highest BCUT2D eigenvalue weighted by molar-refractivity contribution is 6.31. The molecule has 2 saturated heterocycles. The van der Waals surface area contributed by atoms with Gasteiger partial charge in [-0.25, -0.2) is 0 Å². The number of fused-ring (bicyclic) bond motifs is 1. The molecule has 0 unspecified atom stereocenters. The van der Waals surface area contributed by atoms with Crippen LogP contribution in [0.25, 0.3) is 10.9 Å². The van der Waals surface area contributed by atoms with E-state index in [1.165, 1.54) is 48.3 Å². The van der Waals surface area contributed by atoms with Gasteiger partial charge in [0.25, 0.3) is 0 Å². The van der Waals surface area contributed by atoms with Crippen LogP contribution in [0.1, 0.15) is 11.3 Å². The van der Waals surface area contributed by atoms with E-state index in [4.69, 9.17) is 11.6 Å². The number of H-pyrrole nitrogens is 1. The predicted octanol–water partition coefficient (Wildman–Crippen LogP) is 2.88. The maximum Gasteiger partial charge on any atom is 0.0460 e. The molecular weight excluding hydrogens is 270 g/mol. The van der Waals surface area contributed by atoms with Gasteiger partial charge in [-0.2, -0.15) is 0 Å². The number of aryl methyl sites for hydroxylation is 1. The van der Waals surface area contributed by atoms with Crippen LogP contribution in [0, 0.1) is 12.3 Å². The van der Waals surface area contributed by atoms with Crippen molar-refractivity contribution in [3.05, 3.63) is 34.5 Å². The number of nitrogens with zero attached hydrogens (tertiary/aromatic N) is 2. The largest absolute Gasteiger partial charge is 0.357 e. The molecule has 106 valence electrons. The monoisotopic (exact) mass is 289 g/mol. The van der Waals surface area contributed by atoms with Gasteiger partial charge in [-0.3, -0.25) is 4.90 Å². The molecule has 1 N–H and O–H groups in total. The molecule has 0 bridgehead atoms. The number of hydrogen-bond acceptors (Lipinski definition) is 2. The summed E-state index contributed by atoms with van der Waals surface area (Å²) in [5.74, 6) is 0. The van der Waals surface area contributed by atoms with Gasteiger partial charge in [-0.05, 0) is 37.7 Å². The summed E-state index contributed by atoms with van der Waals surface area (Å²) in [6.07, 6.45) is 0. The molecule has 0 saturated carbocycles. The first-order chi connectivity index (χ1) is 9.55. The maximum absolute atomic E-state index is 6.09. The Morgan fingerprint density at radius 3 is 2.70 bits per heavy atom. The summed E-state index contributed by atoms with van der Waals surface area (Å²) in [6.45, 7) is 8.25. The highest BCUT2D eigenvalue weighted by atomic mass is 35.5. The lowest BCUT2D eigenvalue weighted by Gasteiger charge is -2.59. The molecule has 2 aromatic rings. The first kappa shape index (κ1) is 12.7. The molecule has 3 nitrogen and oxygen atoms in total. The molecule has 2 aliphatic rings. The van der Waals surface area contributed by atoms with Crippen molar-refractivity contribution in [1.29, 1.82) is 0 Å². The van der Waals surface area contributed by atoms with Crippen LogP contribution < -0.4 is 0 Å². The summed E-state index contributed by atoms with van der Waals surface area (Å²) in [7, 11) is 2.21. The van der Waals surface area contributed by atoms with Crippen molar-refractivity contribution in [2.75, 3.05) is 33.2 Å². The third-order valence-electron chi connectivity index (χ3n) is 4.83. The second-order valence-electron chi connectivity index (χ2n) is 6.74. The molecule has 1 aromatic carbocycles. The zero-order valence-electron chi connectivity index (χ0n) is 12.0. The summed E-state index contributed by atoms with van der Waals surface area (Å²) in [5.41, 5.74) is 4.48. The van der Waals surface area contributed by atoms with Crippen molar-refractivity contribution >= 4 is 22.5 Å². The van der Waals surface area contributed by atoms with Gasteiger partial charge in [0.15, 0.2) is 0 Å². The zero-order valence-corrected chi connectivity index (χ0v) is 12.8. The average molecular weight is 290 g/mol. The molecule has 2 aliphatic heterocycles. The van der Waals surface area contributed by atoms with Crippen molar-refractivity contribution in [1.82, 2.24) is 14.8 Å². The van der Waals surface area contributed by atoms with Gasteiger partial charge in [0.2, 0.25) is 0 Å². The van der Waals surface area contributed by atoms with E-state index < -0.39 is 0 Å². The highest BCUT2D eigenvalue weighted by Gasteiger charge is 2.50. The van der Waals surface area contributed by atoms with Gasteiger partial charge in [0.05, 0.1) is 0 Å². The van der Waals surface area contributed by atoms with E-state index in [1.807, 2.05) is 6.07 Å². The molecular formula is C16H20ClN3. The summed E-state index contributed by atoms with van der Waals surface area (Å²) >= 11 is 6.09. The minimum Gasteiger partial charge on any atom is -0.357 e. The van der Waals surface area contributed by atoms with E-state index in [9.17, 15) is 0 Å². The van der Waals surface area contributed by atoms with E-state index in [0.29, 0.717) is 5.41 Å². The Morgan fingerprint density at radius 1 is 1.25 bits per heavy atom. The number of hydrogen-bond donors (Lipinski definition) is 1. The third-order valence-corrected chi connectivity index (χ3v) is 5.07. The van der Waals surface area contributed by atoms with Crippen LogP contribution in [0.5, 0.6) is 0 Å². The molecule has 0 radical (unpaired) electrons. The first-order valence-electron chi connectivity index (χ1n) is 7.22. The van der Waals surface area contributed by atoms with Crippen LogP contribution in [0.3, 0.4) is 0 Å². The minimum atomic E-state index is 0.609. The molecule has 2 fully saturated rings. The van der Waals surface area contributed by atoms with Gasteiger partial charge in [-0.1, -0.05) is 11.6 Å². The Labute approximate surface area is 124 Å². The average Bonchev–Trinajstić information content (AvgIpc) is 2.62. The number of benzene rings is 1. The molecule has 3 heterocycles. The van der Waals surface area contributed by atoms with Crippen molar-refractivity contribution in [3.63, 3.8) is 0 Å². The molecule has 20 heavy (non-hydrogen) atoms. The number of aromatic nitrogens is 1. The van der Waals surface area contributed by atoms with Crippen LogP contribution >= 0.6 is 11.6 Å². The molecule has 0 atom stereocenters. The van der Waals surface area contributed by atoms with Gasteiger partial charge >= 0.3 is 0 Å². The lowest BCUT2D eigenvalue weighted by molar-refractivity contribution is -0.108. The summed E-state index contributed by atoms with van der Waals surface area (Å²) in [6, 6.07) is 6.09. The van der Waals surface area contributed by atoms with Crippen molar-refractivity contribution in [2.45, 2.75) is 13.5 Å². The molecule has 0 amide bonds. The smallest absolute Gasteiger partial charge is 0.0460 e. The Morgan fingerprint density at radius 2 is 2.00 bits per heavy atom. The van der Waals surface area contributed by atoms with Crippen LogP contribution in [-0.2, 0) is 6.54 Å². The fourth-order valence-electron chi connectivity index (χ4n) is 4.05. The number of aromatic amines is 1. The van der Waals surface area contributed by atoms with Gasteiger partial charge in [0, 0.05) is 59.8 Å². The van der Waals surface area contributed by atoms with E-state index in [0.717, 1.165) is 11.6 Å². The Hall–Kier alpha value is -1.03. The van der Waals surface area contributed by atoms with E-state index in [1.54, 1.807) is 0 Å². The summed E-state index contributed by atoms with van der Waals surface area (Å²) in [5, 5.41) is 2.07. The fourth-order valence-corrected chi connectivity index (χ4v) is 4.22. The molecule has 0 aliphatic carbocycles. The van der Waals surface area contributed by atoms with Crippen LogP contribution in [0.2, 0.25) is 5.02 Å². The Kier molecular flexibility index (Phi) is 2.69. The van der Waals surface area contributed by atoms with Crippen LogP contribution in [0.4, 0.5) is 0 Å². The quantitative estimate of drug-likeness (QED) is 0.918. The lowest BCUT2D eigenvalue weighted by Crippen LogP contribution is -2.70. The number of likely N-dealkylation sites (tertiary alicyclic amines) is 2. The Balaban J connectivity index is 1.51. The van der Waals surface area contributed by atoms with Crippen molar-refractivity contribution in [3.8, 4) is 0 Å². The normalized spacial score (nSPS) is 22.1. The summed E-state index contributed by atoms with van der Waals surface area (Å²) < 4.78 is 0. The first-order valence-corrected chi connectivity index (χ1v) is 7.60. The maximum atomic E-state index is 6.09. The van der Waals surface area contributed by atoms with Crippen molar-refractivity contribution in [2.24, 2.45) is 5.41 Å². The number of nitrogens with one attached hydrogen (secondary N) is 1. The minimum absolute atomic E-state index is 0.609. The van der Waals surface area contributed by atoms with E-state index >= 15 is 0 Å². The lowest BCUT2D eigenvalue weighted by atomic mass is 9.73.